The van der Waals surface area contributed by atoms with Crippen LogP contribution in [0.15, 0.2) is 30.3 Å². The summed E-state index contributed by atoms with van der Waals surface area (Å²) in [6.07, 6.45) is 0.939. The highest BCUT2D eigenvalue weighted by Crippen LogP contribution is 2.35. The first-order chi connectivity index (χ1) is 7.88. The molecule has 0 heterocycles. The van der Waals surface area contributed by atoms with E-state index in [0.717, 1.165) is 6.42 Å². The summed E-state index contributed by atoms with van der Waals surface area (Å²) in [6.45, 7) is 0. The van der Waals surface area contributed by atoms with Crippen LogP contribution in [-0.2, 0) is 6.42 Å². The molecule has 0 aliphatic carbocycles. The summed E-state index contributed by atoms with van der Waals surface area (Å²) < 4.78 is -0.127. The number of alkyl halides is 2. The normalized spacial score (nSPS) is 17.2. The number of hydrogen-bond acceptors (Lipinski definition) is 2. The van der Waals surface area contributed by atoms with Gasteiger partial charge < -0.3 is 0 Å². The lowest BCUT2D eigenvalue weighted by atomic mass is 10.0. The van der Waals surface area contributed by atoms with Crippen LogP contribution < -0.4 is 0 Å². The maximum absolute atomic E-state index is 3.89. The average Bonchev–Trinajstić information content (AvgIpc) is 2.28. The summed E-state index contributed by atoms with van der Waals surface area (Å²) in [6, 6.07) is 10.5. The van der Waals surface area contributed by atoms with Gasteiger partial charge in [-0.3, -0.25) is 9.80 Å². The number of nitrogens with zero attached hydrogens (tertiary/aromatic N) is 2. The third-order valence-electron chi connectivity index (χ3n) is 2.86. The molecule has 1 aromatic rings. The third-order valence-corrected chi connectivity index (χ3v) is 6.47. The minimum absolute atomic E-state index is 0.127. The van der Waals surface area contributed by atoms with Crippen LogP contribution in [0.3, 0.4) is 0 Å². The first-order valence-electron chi connectivity index (χ1n) is 5.58. The molecule has 0 amide bonds. The standard InChI is InChI=1S/C13H20Br2N2/c1-16(2)12(14)13(15,17(3)4)10-11-8-6-5-7-9-11/h5-9,12H,10H2,1-4H3. The van der Waals surface area contributed by atoms with E-state index < -0.39 is 0 Å². The van der Waals surface area contributed by atoms with Gasteiger partial charge in [-0.05, 0) is 33.8 Å². The van der Waals surface area contributed by atoms with Crippen molar-refractivity contribution < 1.29 is 0 Å². The van der Waals surface area contributed by atoms with Crippen molar-refractivity contribution in [3.8, 4) is 0 Å². The Bertz CT molecular complexity index is 341. The second-order valence-corrected chi connectivity index (χ2v) is 6.92. The number of hydrogen-bond donors (Lipinski definition) is 0. The lowest BCUT2D eigenvalue weighted by Crippen LogP contribution is -2.52. The Morgan fingerprint density at radius 2 is 1.65 bits per heavy atom. The molecule has 4 heteroatoms. The van der Waals surface area contributed by atoms with Gasteiger partial charge in [0, 0.05) is 6.42 Å². The van der Waals surface area contributed by atoms with Crippen molar-refractivity contribution >= 4 is 31.9 Å². The molecule has 0 spiro atoms. The molecule has 0 saturated carbocycles. The molecule has 0 radical (unpaired) electrons. The zero-order valence-electron chi connectivity index (χ0n) is 10.8. The van der Waals surface area contributed by atoms with E-state index in [0.29, 0.717) is 0 Å². The van der Waals surface area contributed by atoms with Gasteiger partial charge >= 0.3 is 0 Å². The summed E-state index contributed by atoms with van der Waals surface area (Å²) in [7, 11) is 8.33. The van der Waals surface area contributed by atoms with Crippen molar-refractivity contribution in [1.29, 1.82) is 0 Å². The molecule has 0 aromatic heterocycles. The van der Waals surface area contributed by atoms with Crippen molar-refractivity contribution in [1.82, 2.24) is 9.80 Å². The zero-order chi connectivity index (χ0) is 13.1. The van der Waals surface area contributed by atoms with Gasteiger partial charge in [-0.25, -0.2) is 0 Å². The number of likely N-dealkylation sites (N-methyl/N-ethyl adjacent to an activating group) is 2. The van der Waals surface area contributed by atoms with E-state index in [9.17, 15) is 0 Å². The molecule has 2 unspecified atom stereocenters. The van der Waals surface area contributed by atoms with Crippen molar-refractivity contribution in [2.24, 2.45) is 0 Å². The predicted octanol–water partition coefficient (Wildman–Crippen LogP) is 3.16. The molecule has 0 aliphatic rings. The third kappa shape index (κ3) is 3.78. The van der Waals surface area contributed by atoms with Gasteiger partial charge in [0.1, 0.15) is 4.45 Å². The largest absolute Gasteiger partial charge is 0.295 e. The second-order valence-electron chi connectivity index (χ2n) is 4.67. The molecule has 0 saturated heterocycles. The quantitative estimate of drug-likeness (QED) is 0.585. The van der Waals surface area contributed by atoms with Crippen LogP contribution >= 0.6 is 31.9 Å². The fourth-order valence-electron chi connectivity index (χ4n) is 1.73. The molecule has 0 aliphatic heterocycles. The van der Waals surface area contributed by atoms with Crippen molar-refractivity contribution in [2.75, 3.05) is 28.2 Å². The van der Waals surface area contributed by atoms with Crippen molar-refractivity contribution in [2.45, 2.75) is 15.8 Å². The molecule has 0 fully saturated rings. The topological polar surface area (TPSA) is 6.48 Å². The summed E-state index contributed by atoms with van der Waals surface area (Å²) in [4.78, 5) is 4.60. The Morgan fingerprint density at radius 3 is 2.06 bits per heavy atom. The lowest BCUT2D eigenvalue weighted by molar-refractivity contribution is 0.187. The van der Waals surface area contributed by atoms with Crippen LogP contribution in [0.2, 0.25) is 0 Å². The number of halogens is 2. The molecular weight excluding hydrogens is 344 g/mol. The minimum atomic E-state index is -0.127. The Balaban J connectivity index is 2.93. The molecule has 2 atom stereocenters. The Morgan fingerprint density at radius 1 is 1.12 bits per heavy atom. The van der Waals surface area contributed by atoms with Crippen LogP contribution in [0.5, 0.6) is 0 Å². The Hall–Kier alpha value is 0.1000. The summed E-state index contributed by atoms with van der Waals surface area (Å²) >= 11 is 7.65. The Labute approximate surface area is 121 Å². The van der Waals surface area contributed by atoms with Crippen molar-refractivity contribution in [3.05, 3.63) is 35.9 Å². The second kappa shape index (κ2) is 6.32. The molecule has 1 rings (SSSR count). The van der Waals surface area contributed by atoms with E-state index >= 15 is 0 Å². The monoisotopic (exact) mass is 362 g/mol. The van der Waals surface area contributed by atoms with Crippen LogP contribution in [0.1, 0.15) is 5.56 Å². The van der Waals surface area contributed by atoms with E-state index in [2.05, 4.69) is 94.1 Å². The SMILES string of the molecule is CN(C)C(Br)C(Br)(Cc1ccccc1)N(C)C. The Kier molecular flexibility index (Phi) is 5.64. The van der Waals surface area contributed by atoms with Gasteiger partial charge in [0.15, 0.2) is 0 Å². The molecule has 96 valence electrons. The van der Waals surface area contributed by atoms with Gasteiger partial charge in [-0.2, -0.15) is 0 Å². The average molecular weight is 364 g/mol. The fraction of sp³-hybridized carbons (Fsp3) is 0.538. The van der Waals surface area contributed by atoms with Gasteiger partial charge in [0.25, 0.3) is 0 Å². The van der Waals surface area contributed by atoms with Crippen molar-refractivity contribution in [3.63, 3.8) is 0 Å². The molecule has 0 bridgehead atoms. The van der Waals surface area contributed by atoms with Crippen LogP contribution in [0, 0.1) is 0 Å². The maximum atomic E-state index is 3.89. The molecule has 1 aromatic carbocycles. The van der Waals surface area contributed by atoms with Gasteiger partial charge in [0.2, 0.25) is 0 Å². The molecule has 2 nitrogen and oxygen atoms in total. The predicted molar refractivity (Wildman–Crippen MR) is 81.9 cm³/mol. The first-order valence-corrected chi connectivity index (χ1v) is 7.29. The van der Waals surface area contributed by atoms with E-state index in [1.807, 2.05) is 6.07 Å². The highest BCUT2D eigenvalue weighted by molar-refractivity contribution is 9.12. The van der Waals surface area contributed by atoms with Crippen LogP contribution in [-0.4, -0.2) is 47.4 Å². The summed E-state index contributed by atoms with van der Waals surface area (Å²) in [5.74, 6) is 0. The van der Waals surface area contributed by atoms with E-state index in [1.54, 1.807) is 0 Å². The minimum Gasteiger partial charge on any atom is -0.295 e. The number of benzene rings is 1. The van der Waals surface area contributed by atoms with Gasteiger partial charge in [-0.1, -0.05) is 62.2 Å². The lowest BCUT2D eigenvalue weighted by Gasteiger charge is -2.41. The van der Waals surface area contributed by atoms with Gasteiger partial charge in [0.05, 0.1) is 4.95 Å². The summed E-state index contributed by atoms with van der Waals surface area (Å²) in [5, 5.41) is 0. The highest BCUT2D eigenvalue weighted by Gasteiger charge is 2.38. The zero-order valence-corrected chi connectivity index (χ0v) is 14.0. The smallest absolute Gasteiger partial charge is 0.106 e. The summed E-state index contributed by atoms with van der Waals surface area (Å²) in [5.41, 5.74) is 1.32. The van der Waals surface area contributed by atoms with Crippen LogP contribution in [0.4, 0.5) is 0 Å². The molecule has 17 heavy (non-hydrogen) atoms. The molecular formula is C13H20Br2N2. The van der Waals surface area contributed by atoms with E-state index in [-0.39, 0.29) is 9.40 Å². The molecule has 0 N–H and O–H groups in total. The number of rotatable bonds is 5. The highest BCUT2D eigenvalue weighted by atomic mass is 79.9. The fourth-order valence-corrected chi connectivity index (χ4v) is 3.04. The maximum Gasteiger partial charge on any atom is 0.106 e. The van der Waals surface area contributed by atoms with E-state index in [4.69, 9.17) is 0 Å². The van der Waals surface area contributed by atoms with E-state index in [1.165, 1.54) is 5.56 Å². The van der Waals surface area contributed by atoms with Gasteiger partial charge in [-0.15, -0.1) is 0 Å². The first kappa shape index (κ1) is 15.2. The van der Waals surface area contributed by atoms with Crippen LogP contribution in [0.25, 0.3) is 0 Å².